The van der Waals surface area contributed by atoms with Crippen LogP contribution in [0.1, 0.15) is 33.6 Å². The molecule has 140 valence electrons. The standard InChI is InChI=1S/C18H26O7/c1-4-18(2,3)17(23)25-9-12(19)8-24-16(22)14-11-6-5-10(7-11)13(14)15(20)21/h5-6,10-14,19H,4,7-9H2,1-3H3,(H,20,21). The van der Waals surface area contributed by atoms with Crippen LogP contribution in [-0.2, 0) is 23.9 Å². The predicted molar refractivity (Wildman–Crippen MR) is 87.3 cm³/mol. The Morgan fingerprint density at radius 1 is 1.12 bits per heavy atom. The van der Waals surface area contributed by atoms with Gasteiger partial charge in [-0.25, -0.2) is 0 Å². The van der Waals surface area contributed by atoms with Gasteiger partial charge in [-0.1, -0.05) is 19.1 Å². The fourth-order valence-electron chi connectivity index (χ4n) is 3.31. The third kappa shape index (κ3) is 4.21. The lowest BCUT2D eigenvalue weighted by Crippen LogP contribution is -2.36. The smallest absolute Gasteiger partial charge is 0.311 e. The zero-order chi connectivity index (χ0) is 18.8. The van der Waals surface area contributed by atoms with Crippen molar-refractivity contribution in [1.82, 2.24) is 0 Å². The van der Waals surface area contributed by atoms with Crippen molar-refractivity contribution in [1.29, 1.82) is 0 Å². The zero-order valence-corrected chi connectivity index (χ0v) is 14.8. The largest absolute Gasteiger partial charge is 0.481 e. The van der Waals surface area contributed by atoms with Gasteiger partial charge in [0.2, 0.25) is 0 Å². The quantitative estimate of drug-likeness (QED) is 0.500. The number of carboxylic acids is 1. The van der Waals surface area contributed by atoms with E-state index in [4.69, 9.17) is 9.47 Å². The van der Waals surface area contributed by atoms with Crippen molar-refractivity contribution in [2.75, 3.05) is 13.2 Å². The Morgan fingerprint density at radius 3 is 2.24 bits per heavy atom. The summed E-state index contributed by atoms with van der Waals surface area (Å²) in [6, 6.07) is 0. The molecule has 2 aliphatic carbocycles. The molecule has 0 aliphatic heterocycles. The van der Waals surface area contributed by atoms with Gasteiger partial charge in [-0.15, -0.1) is 0 Å². The molecule has 0 spiro atoms. The van der Waals surface area contributed by atoms with Gasteiger partial charge in [0.15, 0.2) is 0 Å². The molecule has 1 fully saturated rings. The van der Waals surface area contributed by atoms with Gasteiger partial charge in [0.1, 0.15) is 19.3 Å². The van der Waals surface area contributed by atoms with E-state index in [1.54, 1.807) is 13.8 Å². The van der Waals surface area contributed by atoms with Crippen LogP contribution in [0.4, 0.5) is 0 Å². The molecule has 0 aromatic carbocycles. The number of hydrogen-bond acceptors (Lipinski definition) is 6. The van der Waals surface area contributed by atoms with Gasteiger partial charge >= 0.3 is 17.9 Å². The summed E-state index contributed by atoms with van der Waals surface area (Å²) in [5, 5.41) is 19.2. The van der Waals surface area contributed by atoms with Crippen molar-refractivity contribution >= 4 is 17.9 Å². The van der Waals surface area contributed by atoms with E-state index in [0.29, 0.717) is 12.8 Å². The Kier molecular flexibility index (Phi) is 5.87. The average Bonchev–Trinajstić information content (AvgIpc) is 3.18. The number of esters is 2. The Labute approximate surface area is 147 Å². The number of carbonyl (C=O) groups is 3. The number of aliphatic hydroxyl groups excluding tert-OH is 1. The third-order valence-corrected chi connectivity index (χ3v) is 5.28. The molecule has 5 unspecified atom stereocenters. The van der Waals surface area contributed by atoms with Crippen LogP contribution >= 0.6 is 0 Å². The number of hydrogen-bond donors (Lipinski definition) is 2. The predicted octanol–water partition coefficient (Wildman–Crippen LogP) is 1.39. The molecular formula is C18H26O7. The van der Waals surface area contributed by atoms with Crippen LogP contribution in [0, 0.1) is 29.1 Å². The first-order chi connectivity index (χ1) is 11.7. The minimum Gasteiger partial charge on any atom is -0.481 e. The summed E-state index contributed by atoms with van der Waals surface area (Å²) in [7, 11) is 0. The van der Waals surface area contributed by atoms with E-state index in [9.17, 15) is 24.6 Å². The molecule has 2 rings (SSSR count). The van der Waals surface area contributed by atoms with Gasteiger partial charge in [-0.3, -0.25) is 14.4 Å². The summed E-state index contributed by atoms with van der Waals surface area (Å²) in [6.07, 6.45) is 3.81. The van der Waals surface area contributed by atoms with E-state index >= 15 is 0 Å². The maximum atomic E-state index is 12.3. The molecule has 2 aliphatic rings. The molecule has 2 bridgehead atoms. The van der Waals surface area contributed by atoms with Crippen LogP contribution in [0.5, 0.6) is 0 Å². The molecule has 25 heavy (non-hydrogen) atoms. The van der Waals surface area contributed by atoms with Gasteiger partial charge < -0.3 is 19.7 Å². The van der Waals surface area contributed by atoms with Crippen LogP contribution in [0.25, 0.3) is 0 Å². The molecule has 7 nitrogen and oxygen atoms in total. The van der Waals surface area contributed by atoms with Crippen molar-refractivity contribution < 1.29 is 34.1 Å². The van der Waals surface area contributed by atoms with E-state index in [1.165, 1.54) is 0 Å². The number of ether oxygens (including phenoxy) is 2. The molecule has 7 heteroatoms. The van der Waals surface area contributed by atoms with Crippen molar-refractivity contribution in [2.24, 2.45) is 29.1 Å². The van der Waals surface area contributed by atoms with Crippen molar-refractivity contribution in [3.8, 4) is 0 Å². The first-order valence-electron chi connectivity index (χ1n) is 8.60. The first kappa shape index (κ1) is 19.4. The number of rotatable bonds is 8. The number of fused-ring (bicyclic) bond motifs is 2. The molecule has 1 saturated carbocycles. The third-order valence-electron chi connectivity index (χ3n) is 5.28. The van der Waals surface area contributed by atoms with E-state index in [2.05, 4.69) is 0 Å². The molecule has 0 radical (unpaired) electrons. The highest BCUT2D eigenvalue weighted by Gasteiger charge is 2.52. The summed E-state index contributed by atoms with van der Waals surface area (Å²) in [5.41, 5.74) is -0.638. The minimum absolute atomic E-state index is 0.126. The minimum atomic E-state index is -1.14. The maximum Gasteiger partial charge on any atom is 0.311 e. The van der Waals surface area contributed by atoms with Crippen LogP contribution in [-0.4, -0.2) is 47.4 Å². The molecule has 0 amide bonds. The second-order valence-corrected chi connectivity index (χ2v) is 7.46. The second kappa shape index (κ2) is 7.56. The topological polar surface area (TPSA) is 110 Å². The molecule has 5 atom stereocenters. The summed E-state index contributed by atoms with van der Waals surface area (Å²) < 4.78 is 10.1. The normalized spacial score (nSPS) is 28.6. The van der Waals surface area contributed by atoms with Crippen LogP contribution in [0.2, 0.25) is 0 Å². The summed E-state index contributed by atoms with van der Waals surface area (Å²) in [5.74, 6) is -3.81. The summed E-state index contributed by atoms with van der Waals surface area (Å²) in [4.78, 5) is 35.5. The monoisotopic (exact) mass is 354 g/mol. The lowest BCUT2D eigenvalue weighted by atomic mass is 9.83. The molecule has 2 N–H and O–H groups in total. The first-order valence-corrected chi connectivity index (χ1v) is 8.60. The number of carbonyl (C=O) groups excluding carboxylic acids is 2. The number of allylic oxidation sites excluding steroid dienone is 2. The van der Waals surface area contributed by atoms with Crippen LogP contribution in [0.3, 0.4) is 0 Å². The Bertz CT molecular complexity index is 566. The SMILES string of the molecule is CCC(C)(C)C(=O)OCC(O)COC(=O)C1C2C=CC(C2)C1C(=O)O. The van der Waals surface area contributed by atoms with Gasteiger partial charge in [-0.05, 0) is 38.5 Å². The van der Waals surface area contributed by atoms with E-state index in [1.807, 2.05) is 19.1 Å². The lowest BCUT2D eigenvalue weighted by molar-refractivity contribution is -0.164. The highest BCUT2D eigenvalue weighted by atomic mass is 16.6. The van der Waals surface area contributed by atoms with E-state index < -0.39 is 41.3 Å². The van der Waals surface area contributed by atoms with Crippen molar-refractivity contribution in [3.63, 3.8) is 0 Å². The van der Waals surface area contributed by atoms with E-state index in [0.717, 1.165) is 0 Å². The van der Waals surface area contributed by atoms with Crippen molar-refractivity contribution in [3.05, 3.63) is 12.2 Å². The molecule has 0 saturated heterocycles. The van der Waals surface area contributed by atoms with Gasteiger partial charge in [0, 0.05) is 0 Å². The average molecular weight is 354 g/mol. The summed E-state index contributed by atoms with van der Waals surface area (Å²) >= 11 is 0. The van der Waals surface area contributed by atoms with Crippen molar-refractivity contribution in [2.45, 2.75) is 39.7 Å². The van der Waals surface area contributed by atoms with Crippen LogP contribution < -0.4 is 0 Å². The molecular weight excluding hydrogens is 328 g/mol. The van der Waals surface area contributed by atoms with E-state index in [-0.39, 0.29) is 25.0 Å². The van der Waals surface area contributed by atoms with Gasteiger partial charge in [-0.2, -0.15) is 0 Å². The van der Waals surface area contributed by atoms with Gasteiger partial charge in [0.25, 0.3) is 0 Å². The Hall–Kier alpha value is -1.89. The summed E-state index contributed by atoms with van der Waals surface area (Å²) in [6.45, 7) is 4.76. The second-order valence-electron chi connectivity index (χ2n) is 7.46. The molecule has 0 aromatic rings. The number of aliphatic carboxylic acids is 1. The zero-order valence-electron chi connectivity index (χ0n) is 14.8. The fraction of sp³-hybridized carbons (Fsp3) is 0.722. The highest BCUT2D eigenvalue weighted by molar-refractivity contribution is 5.83. The number of carboxylic acid groups (broad SMARTS) is 1. The number of aliphatic hydroxyl groups is 1. The van der Waals surface area contributed by atoms with Crippen LogP contribution in [0.15, 0.2) is 12.2 Å². The maximum absolute atomic E-state index is 12.3. The Balaban J connectivity index is 1.81. The molecule has 0 aromatic heterocycles. The van der Waals surface area contributed by atoms with Gasteiger partial charge in [0.05, 0.1) is 17.3 Å². The fourth-order valence-corrected chi connectivity index (χ4v) is 3.31. The molecule has 0 heterocycles. The lowest BCUT2D eigenvalue weighted by Gasteiger charge is -2.24. The Morgan fingerprint density at radius 2 is 1.68 bits per heavy atom. The highest BCUT2D eigenvalue weighted by Crippen LogP contribution is 2.48.